The van der Waals surface area contributed by atoms with Crippen LogP contribution < -0.4 is 5.32 Å². The van der Waals surface area contributed by atoms with E-state index in [0.717, 1.165) is 29.7 Å². The zero-order valence-electron chi connectivity index (χ0n) is 17.8. The Labute approximate surface area is 182 Å². The number of ether oxygens (including phenoxy) is 1. The van der Waals surface area contributed by atoms with Gasteiger partial charge in [0.2, 0.25) is 5.60 Å². The van der Waals surface area contributed by atoms with E-state index in [1.807, 2.05) is 32.0 Å². The summed E-state index contributed by atoms with van der Waals surface area (Å²) >= 11 is 0. The van der Waals surface area contributed by atoms with E-state index in [-0.39, 0.29) is 0 Å². The van der Waals surface area contributed by atoms with E-state index in [9.17, 15) is 14.7 Å². The fraction of sp³-hybridized carbons (Fsp3) is 0.231. The van der Waals surface area contributed by atoms with Crippen molar-refractivity contribution in [2.45, 2.75) is 32.3 Å². The molecule has 0 radical (unpaired) electrons. The Morgan fingerprint density at radius 1 is 0.806 bits per heavy atom. The summed E-state index contributed by atoms with van der Waals surface area (Å²) in [6.07, 6.45) is 1.54. The van der Waals surface area contributed by atoms with Crippen molar-refractivity contribution in [1.82, 2.24) is 0 Å². The molecular weight excluding hydrogens is 390 g/mol. The highest BCUT2D eigenvalue weighted by Crippen LogP contribution is 2.31. The number of aliphatic hydroxyl groups is 1. The summed E-state index contributed by atoms with van der Waals surface area (Å²) in [7, 11) is 0. The molecule has 3 aromatic carbocycles. The number of hydrogen-bond acceptors (Lipinski definition) is 4. The Balaban J connectivity index is 1.79. The minimum atomic E-state index is -2.02. The number of esters is 1. The number of para-hydroxylation sites is 1. The van der Waals surface area contributed by atoms with Gasteiger partial charge >= 0.3 is 5.97 Å². The second kappa shape index (κ2) is 10.0. The molecule has 0 aliphatic carbocycles. The number of anilines is 1. The predicted molar refractivity (Wildman–Crippen MR) is 121 cm³/mol. The first-order valence-electron chi connectivity index (χ1n) is 10.4. The Kier molecular flexibility index (Phi) is 7.21. The largest absolute Gasteiger partial charge is 0.453 e. The van der Waals surface area contributed by atoms with Crippen LogP contribution in [0.5, 0.6) is 0 Å². The van der Waals surface area contributed by atoms with E-state index < -0.39 is 24.1 Å². The molecule has 3 aromatic rings. The van der Waals surface area contributed by atoms with Gasteiger partial charge in [0.1, 0.15) is 0 Å². The van der Waals surface area contributed by atoms with Gasteiger partial charge in [0.25, 0.3) is 5.91 Å². The third kappa shape index (κ3) is 4.84. The summed E-state index contributed by atoms with van der Waals surface area (Å²) in [6.45, 7) is 3.54. The lowest BCUT2D eigenvalue weighted by Gasteiger charge is -2.27. The molecule has 0 aromatic heterocycles. The van der Waals surface area contributed by atoms with Crippen LogP contribution in [0.1, 0.15) is 36.1 Å². The maximum atomic E-state index is 13.0. The van der Waals surface area contributed by atoms with E-state index in [1.54, 1.807) is 60.7 Å². The average Bonchev–Trinajstić information content (AvgIpc) is 2.83. The van der Waals surface area contributed by atoms with Gasteiger partial charge in [-0.2, -0.15) is 0 Å². The number of nitrogens with one attached hydrogen (secondary N) is 1. The van der Waals surface area contributed by atoms with E-state index in [2.05, 4.69) is 5.32 Å². The number of benzene rings is 3. The van der Waals surface area contributed by atoms with Crippen molar-refractivity contribution >= 4 is 17.6 Å². The molecule has 0 aliphatic heterocycles. The molecule has 0 heterocycles. The molecule has 1 amide bonds. The summed E-state index contributed by atoms with van der Waals surface area (Å²) in [5.74, 6) is -1.35. The lowest BCUT2D eigenvalue weighted by molar-refractivity contribution is -0.163. The van der Waals surface area contributed by atoms with Crippen LogP contribution in [0, 0.1) is 0 Å². The molecule has 0 saturated heterocycles. The van der Waals surface area contributed by atoms with Gasteiger partial charge in [-0.15, -0.1) is 0 Å². The molecule has 160 valence electrons. The summed E-state index contributed by atoms with van der Waals surface area (Å²) < 4.78 is 5.30. The van der Waals surface area contributed by atoms with Crippen molar-refractivity contribution in [3.05, 3.63) is 101 Å². The SMILES string of the molecule is CCc1cccc(CC)c1NC(=O)COC(=O)C(O)(c1ccccc1)c1ccccc1. The highest BCUT2D eigenvalue weighted by molar-refractivity contribution is 5.95. The predicted octanol–water partition coefficient (Wildman–Crippen LogP) is 4.23. The number of carbonyl (C=O) groups excluding carboxylic acids is 2. The second-order valence-electron chi connectivity index (χ2n) is 7.23. The van der Waals surface area contributed by atoms with Crippen LogP contribution in [0.15, 0.2) is 78.9 Å². The van der Waals surface area contributed by atoms with Crippen LogP contribution in [0.3, 0.4) is 0 Å². The normalized spacial score (nSPS) is 11.1. The molecule has 31 heavy (non-hydrogen) atoms. The highest BCUT2D eigenvalue weighted by Gasteiger charge is 2.41. The minimum absolute atomic E-state index is 0.371. The number of aryl methyl sites for hydroxylation is 2. The molecule has 3 rings (SSSR count). The zero-order valence-corrected chi connectivity index (χ0v) is 17.8. The second-order valence-corrected chi connectivity index (χ2v) is 7.23. The van der Waals surface area contributed by atoms with Crippen LogP contribution in [0.25, 0.3) is 0 Å². The maximum Gasteiger partial charge on any atom is 0.348 e. The number of amides is 1. The molecule has 5 heteroatoms. The summed E-state index contributed by atoms with van der Waals surface area (Å²) in [5.41, 5.74) is 1.52. The van der Waals surface area contributed by atoms with E-state index in [0.29, 0.717) is 11.1 Å². The van der Waals surface area contributed by atoms with E-state index >= 15 is 0 Å². The Morgan fingerprint density at radius 3 is 1.74 bits per heavy atom. The van der Waals surface area contributed by atoms with E-state index in [1.165, 1.54) is 0 Å². The minimum Gasteiger partial charge on any atom is -0.453 e. The summed E-state index contributed by atoms with van der Waals surface area (Å²) in [6, 6.07) is 23.0. The number of hydrogen-bond donors (Lipinski definition) is 2. The lowest BCUT2D eigenvalue weighted by atomic mass is 9.86. The van der Waals surface area contributed by atoms with Gasteiger partial charge in [-0.3, -0.25) is 4.79 Å². The van der Waals surface area contributed by atoms with Gasteiger partial charge in [-0.05, 0) is 35.1 Å². The Hall–Kier alpha value is -3.44. The molecule has 0 aliphatic rings. The van der Waals surface area contributed by atoms with Crippen LogP contribution in [-0.4, -0.2) is 23.6 Å². The first-order chi connectivity index (χ1) is 15.0. The molecule has 0 atom stereocenters. The van der Waals surface area contributed by atoms with Crippen molar-refractivity contribution in [2.75, 3.05) is 11.9 Å². The molecule has 0 fully saturated rings. The quantitative estimate of drug-likeness (QED) is 0.538. The number of carbonyl (C=O) groups is 2. The van der Waals surface area contributed by atoms with Crippen molar-refractivity contribution in [3.8, 4) is 0 Å². The zero-order chi connectivity index (χ0) is 22.3. The molecule has 0 saturated carbocycles. The fourth-order valence-corrected chi connectivity index (χ4v) is 3.58. The monoisotopic (exact) mass is 417 g/mol. The molecular formula is C26H27NO4. The van der Waals surface area contributed by atoms with Crippen molar-refractivity contribution in [3.63, 3.8) is 0 Å². The third-order valence-corrected chi connectivity index (χ3v) is 5.28. The molecule has 0 spiro atoms. The first-order valence-corrected chi connectivity index (χ1v) is 10.4. The Morgan fingerprint density at radius 2 is 1.29 bits per heavy atom. The summed E-state index contributed by atoms with van der Waals surface area (Å²) in [4.78, 5) is 25.6. The van der Waals surface area contributed by atoms with Crippen LogP contribution in [0.4, 0.5) is 5.69 Å². The maximum absolute atomic E-state index is 13.0. The summed E-state index contributed by atoms with van der Waals surface area (Å²) in [5, 5.41) is 14.3. The lowest BCUT2D eigenvalue weighted by Crippen LogP contribution is -2.40. The molecule has 5 nitrogen and oxygen atoms in total. The number of rotatable bonds is 8. The molecule has 0 unspecified atom stereocenters. The van der Waals surface area contributed by atoms with Crippen molar-refractivity contribution in [2.24, 2.45) is 0 Å². The van der Waals surface area contributed by atoms with Crippen LogP contribution in [0.2, 0.25) is 0 Å². The highest BCUT2D eigenvalue weighted by atomic mass is 16.6. The van der Waals surface area contributed by atoms with Gasteiger partial charge in [-0.1, -0.05) is 92.7 Å². The van der Waals surface area contributed by atoms with Gasteiger partial charge in [0, 0.05) is 5.69 Å². The standard InChI is InChI=1S/C26H27NO4/c1-3-19-12-11-13-20(4-2)24(19)27-23(28)18-31-25(29)26(30,21-14-7-5-8-15-21)22-16-9-6-10-17-22/h5-17,30H,3-4,18H2,1-2H3,(H,27,28). The van der Waals surface area contributed by atoms with Crippen LogP contribution >= 0.6 is 0 Å². The molecule has 2 N–H and O–H groups in total. The van der Waals surface area contributed by atoms with Gasteiger partial charge in [-0.25, -0.2) is 4.79 Å². The van der Waals surface area contributed by atoms with E-state index in [4.69, 9.17) is 4.74 Å². The van der Waals surface area contributed by atoms with Crippen molar-refractivity contribution in [1.29, 1.82) is 0 Å². The molecule has 0 bridgehead atoms. The fourth-order valence-electron chi connectivity index (χ4n) is 3.58. The Bertz CT molecular complexity index is 970. The van der Waals surface area contributed by atoms with Crippen molar-refractivity contribution < 1.29 is 19.4 Å². The first kappa shape index (κ1) is 22.2. The van der Waals surface area contributed by atoms with Gasteiger partial charge < -0.3 is 15.2 Å². The van der Waals surface area contributed by atoms with Gasteiger partial charge in [0.15, 0.2) is 6.61 Å². The average molecular weight is 418 g/mol. The topological polar surface area (TPSA) is 75.6 Å². The van der Waals surface area contributed by atoms with Crippen LogP contribution in [-0.2, 0) is 32.8 Å². The van der Waals surface area contributed by atoms with Gasteiger partial charge in [0.05, 0.1) is 0 Å². The third-order valence-electron chi connectivity index (χ3n) is 5.28. The smallest absolute Gasteiger partial charge is 0.348 e.